The van der Waals surface area contributed by atoms with Gasteiger partial charge in [-0.25, -0.2) is 4.79 Å². The number of hydrogen-bond acceptors (Lipinski definition) is 3. The standard InChI is InChI=1S/C11H18O3/c1-8(2)5-4-6-11(3)7-9(12)10(13)14-11/h5,9,12H,4,6-7H2,1-3H3/t9-,11+/m0/s1. The zero-order valence-electron chi connectivity index (χ0n) is 9.04. The molecule has 0 spiro atoms. The van der Waals surface area contributed by atoms with E-state index in [0.29, 0.717) is 6.42 Å². The molecule has 0 amide bonds. The van der Waals surface area contributed by atoms with Crippen LogP contribution in [0.3, 0.4) is 0 Å². The van der Waals surface area contributed by atoms with Crippen molar-refractivity contribution in [2.75, 3.05) is 0 Å². The Bertz CT molecular complexity index is 253. The summed E-state index contributed by atoms with van der Waals surface area (Å²) in [5.41, 5.74) is 0.793. The van der Waals surface area contributed by atoms with Crippen LogP contribution < -0.4 is 0 Å². The molecule has 80 valence electrons. The molecule has 0 aromatic carbocycles. The number of aliphatic hydroxyl groups is 1. The van der Waals surface area contributed by atoms with Crippen molar-refractivity contribution in [3.8, 4) is 0 Å². The van der Waals surface area contributed by atoms with Gasteiger partial charge in [0.15, 0.2) is 6.10 Å². The molecule has 14 heavy (non-hydrogen) atoms. The van der Waals surface area contributed by atoms with E-state index in [1.54, 1.807) is 0 Å². The molecular weight excluding hydrogens is 180 g/mol. The third kappa shape index (κ3) is 2.84. The van der Waals surface area contributed by atoms with Gasteiger partial charge >= 0.3 is 5.97 Å². The van der Waals surface area contributed by atoms with Crippen LogP contribution in [0.15, 0.2) is 11.6 Å². The van der Waals surface area contributed by atoms with E-state index in [4.69, 9.17) is 4.74 Å². The molecule has 3 nitrogen and oxygen atoms in total. The predicted octanol–water partition coefficient (Wildman–Crippen LogP) is 1.80. The first-order valence-corrected chi connectivity index (χ1v) is 4.97. The lowest BCUT2D eigenvalue weighted by Crippen LogP contribution is -2.23. The number of allylic oxidation sites excluding steroid dienone is 2. The molecule has 1 N–H and O–H groups in total. The normalized spacial score (nSPS) is 31.4. The summed E-state index contributed by atoms with van der Waals surface area (Å²) in [6.07, 6.45) is 3.28. The summed E-state index contributed by atoms with van der Waals surface area (Å²) in [5, 5.41) is 9.25. The van der Waals surface area contributed by atoms with Crippen LogP contribution >= 0.6 is 0 Å². The van der Waals surface area contributed by atoms with Gasteiger partial charge in [0.05, 0.1) is 0 Å². The summed E-state index contributed by atoms with van der Waals surface area (Å²) in [5.74, 6) is -0.482. The zero-order valence-corrected chi connectivity index (χ0v) is 9.04. The molecule has 1 fully saturated rings. The Labute approximate surface area is 84.8 Å². The predicted molar refractivity (Wildman–Crippen MR) is 53.8 cm³/mol. The molecular formula is C11H18O3. The molecule has 1 aliphatic heterocycles. The van der Waals surface area contributed by atoms with Crippen molar-refractivity contribution >= 4 is 5.97 Å². The monoisotopic (exact) mass is 198 g/mol. The average molecular weight is 198 g/mol. The lowest BCUT2D eigenvalue weighted by atomic mass is 9.95. The fourth-order valence-corrected chi connectivity index (χ4v) is 1.66. The van der Waals surface area contributed by atoms with Crippen LogP contribution in [0.25, 0.3) is 0 Å². The van der Waals surface area contributed by atoms with E-state index in [-0.39, 0.29) is 0 Å². The number of hydrogen-bond donors (Lipinski definition) is 1. The van der Waals surface area contributed by atoms with E-state index in [0.717, 1.165) is 12.8 Å². The Kier molecular flexibility index (Phi) is 3.32. The Morgan fingerprint density at radius 2 is 2.36 bits per heavy atom. The number of rotatable bonds is 3. The molecule has 0 aliphatic carbocycles. The third-order valence-electron chi connectivity index (χ3n) is 2.47. The molecule has 0 aromatic heterocycles. The molecule has 1 rings (SSSR count). The van der Waals surface area contributed by atoms with Gasteiger partial charge in [-0.3, -0.25) is 0 Å². The average Bonchev–Trinajstić information content (AvgIpc) is 2.25. The van der Waals surface area contributed by atoms with Crippen LogP contribution in [-0.4, -0.2) is 22.8 Å². The van der Waals surface area contributed by atoms with Crippen molar-refractivity contribution in [1.29, 1.82) is 0 Å². The second-order valence-electron chi connectivity index (χ2n) is 4.41. The van der Waals surface area contributed by atoms with Crippen molar-refractivity contribution in [2.45, 2.75) is 51.7 Å². The maximum atomic E-state index is 11.0. The van der Waals surface area contributed by atoms with E-state index < -0.39 is 17.7 Å². The Morgan fingerprint density at radius 1 is 1.71 bits per heavy atom. The van der Waals surface area contributed by atoms with Crippen LogP contribution in [0.5, 0.6) is 0 Å². The van der Waals surface area contributed by atoms with Crippen molar-refractivity contribution in [2.24, 2.45) is 0 Å². The smallest absolute Gasteiger partial charge is 0.335 e. The van der Waals surface area contributed by atoms with Gasteiger partial charge < -0.3 is 9.84 Å². The largest absolute Gasteiger partial charge is 0.457 e. The van der Waals surface area contributed by atoms with Gasteiger partial charge in [0.25, 0.3) is 0 Å². The van der Waals surface area contributed by atoms with Gasteiger partial charge in [0.2, 0.25) is 0 Å². The third-order valence-corrected chi connectivity index (χ3v) is 2.47. The number of ether oxygens (including phenoxy) is 1. The molecule has 3 heteroatoms. The van der Waals surface area contributed by atoms with Gasteiger partial charge in [-0.15, -0.1) is 0 Å². The Hall–Kier alpha value is -0.830. The molecule has 0 aromatic rings. The van der Waals surface area contributed by atoms with E-state index in [1.807, 2.05) is 20.8 Å². The number of aliphatic hydroxyl groups excluding tert-OH is 1. The van der Waals surface area contributed by atoms with Crippen molar-refractivity contribution in [3.05, 3.63) is 11.6 Å². The highest BCUT2D eigenvalue weighted by molar-refractivity contribution is 5.77. The summed E-state index contributed by atoms with van der Waals surface area (Å²) in [6, 6.07) is 0. The van der Waals surface area contributed by atoms with Gasteiger partial charge in [0, 0.05) is 6.42 Å². The fourth-order valence-electron chi connectivity index (χ4n) is 1.66. The van der Waals surface area contributed by atoms with Gasteiger partial charge in [0.1, 0.15) is 5.60 Å². The van der Waals surface area contributed by atoms with Gasteiger partial charge in [-0.1, -0.05) is 11.6 Å². The summed E-state index contributed by atoms with van der Waals surface area (Å²) >= 11 is 0. The summed E-state index contributed by atoms with van der Waals surface area (Å²) < 4.78 is 5.12. The quantitative estimate of drug-likeness (QED) is 0.555. The molecule has 1 heterocycles. The lowest BCUT2D eigenvalue weighted by molar-refractivity contribution is -0.152. The Balaban J connectivity index is 2.45. The number of carbonyl (C=O) groups excluding carboxylic acids is 1. The van der Waals surface area contributed by atoms with Gasteiger partial charge in [-0.05, 0) is 33.6 Å². The van der Waals surface area contributed by atoms with Crippen LogP contribution in [0.4, 0.5) is 0 Å². The molecule has 1 aliphatic rings. The highest BCUT2D eigenvalue weighted by Crippen LogP contribution is 2.31. The highest BCUT2D eigenvalue weighted by atomic mass is 16.6. The first kappa shape index (κ1) is 11.2. The molecule has 0 bridgehead atoms. The lowest BCUT2D eigenvalue weighted by Gasteiger charge is -2.21. The molecule has 2 atom stereocenters. The maximum absolute atomic E-state index is 11.0. The SMILES string of the molecule is CC(C)=CCC[C@]1(C)C[C@H](O)C(=O)O1. The van der Waals surface area contributed by atoms with Crippen LogP contribution in [0.2, 0.25) is 0 Å². The Morgan fingerprint density at radius 3 is 2.79 bits per heavy atom. The van der Waals surface area contributed by atoms with Crippen LogP contribution in [0.1, 0.15) is 40.0 Å². The second kappa shape index (κ2) is 4.13. The molecule has 0 unspecified atom stereocenters. The fraction of sp³-hybridized carbons (Fsp3) is 0.727. The zero-order chi connectivity index (χ0) is 10.8. The molecule has 1 saturated heterocycles. The minimum Gasteiger partial charge on any atom is -0.457 e. The van der Waals surface area contributed by atoms with Gasteiger partial charge in [-0.2, -0.15) is 0 Å². The topological polar surface area (TPSA) is 46.5 Å². The molecule has 0 radical (unpaired) electrons. The summed E-state index contributed by atoms with van der Waals surface area (Å²) in [7, 11) is 0. The minimum atomic E-state index is -0.924. The van der Waals surface area contributed by atoms with Crippen LogP contribution in [0, 0.1) is 0 Å². The van der Waals surface area contributed by atoms with Crippen molar-refractivity contribution < 1.29 is 14.6 Å². The first-order chi connectivity index (χ1) is 6.43. The van der Waals surface area contributed by atoms with E-state index >= 15 is 0 Å². The first-order valence-electron chi connectivity index (χ1n) is 4.97. The number of esters is 1. The number of carbonyl (C=O) groups is 1. The maximum Gasteiger partial charge on any atom is 0.335 e. The van der Waals surface area contributed by atoms with E-state index in [2.05, 4.69) is 6.08 Å². The molecule has 0 saturated carbocycles. The summed E-state index contributed by atoms with van der Waals surface area (Å²) in [6.45, 7) is 5.95. The van der Waals surface area contributed by atoms with Crippen molar-refractivity contribution in [1.82, 2.24) is 0 Å². The summed E-state index contributed by atoms with van der Waals surface area (Å²) in [4.78, 5) is 11.0. The van der Waals surface area contributed by atoms with Crippen molar-refractivity contribution in [3.63, 3.8) is 0 Å². The van der Waals surface area contributed by atoms with Crippen LogP contribution in [-0.2, 0) is 9.53 Å². The van der Waals surface area contributed by atoms with E-state index in [9.17, 15) is 9.90 Å². The minimum absolute atomic E-state index is 0.419. The number of cyclic esters (lactones) is 1. The second-order valence-corrected chi connectivity index (χ2v) is 4.41. The highest BCUT2D eigenvalue weighted by Gasteiger charge is 2.41. The van der Waals surface area contributed by atoms with E-state index in [1.165, 1.54) is 5.57 Å².